The van der Waals surface area contributed by atoms with Crippen LogP contribution in [-0.2, 0) is 5.54 Å². The summed E-state index contributed by atoms with van der Waals surface area (Å²) in [5, 5.41) is 3.18. The number of aryl methyl sites for hydroxylation is 1. The predicted octanol–water partition coefficient (Wildman–Crippen LogP) is 4.08. The van der Waals surface area contributed by atoms with E-state index in [2.05, 4.69) is 10.3 Å². The van der Waals surface area contributed by atoms with Gasteiger partial charge in [0, 0.05) is 11.9 Å². The van der Waals surface area contributed by atoms with Gasteiger partial charge in [0.1, 0.15) is 0 Å². The standard InChI is InChI=1S/C21H20N2O/c1-16-13-14-17(15-22-16)20(24)23-21(2,18-9-5-3-6-10-18)19-11-7-4-8-12-19/h3-15H,1-2H3,(H,23,24). The minimum atomic E-state index is -0.621. The third-order valence-electron chi connectivity index (χ3n) is 4.24. The zero-order valence-corrected chi connectivity index (χ0v) is 13.9. The lowest BCUT2D eigenvalue weighted by atomic mass is 9.84. The molecule has 0 bridgehead atoms. The van der Waals surface area contributed by atoms with Crippen LogP contribution in [0.25, 0.3) is 0 Å². The lowest BCUT2D eigenvalue weighted by Crippen LogP contribution is -2.44. The minimum Gasteiger partial charge on any atom is -0.339 e. The number of benzene rings is 2. The van der Waals surface area contributed by atoms with Crippen LogP contribution in [0.2, 0.25) is 0 Å². The van der Waals surface area contributed by atoms with Crippen LogP contribution in [0.1, 0.15) is 34.1 Å². The smallest absolute Gasteiger partial charge is 0.253 e. The normalized spacial score (nSPS) is 11.1. The molecule has 0 radical (unpaired) electrons. The van der Waals surface area contributed by atoms with Gasteiger partial charge < -0.3 is 5.32 Å². The average molecular weight is 316 g/mol. The molecule has 3 rings (SSSR count). The number of rotatable bonds is 4. The number of carbonyl (C=O) groups is 1. The van der Waals surface area contributed by atoms with E-state index < -0.39 is 5.54 Å². The summed E-state index contributed by atoms with van der Waals surface area (Å²) in [6.45, 7) is 3.93. The molecule has 0 saturated heterocycles. The Hall–Kier alpha value is -2.94. The number of hydrogen-bond donors (Lipinski definition) is 1. The summed E-state index contributed by atoms with van der Waals surface area (Å²) in [7, 11) is 0. The molecule has 24 heavy (non-hydrogen) atoms. The molecule has 3 nitrogen and oxygen atoms in total. The number of carbonyl (C=O) groups excluding carboxylic acids is 1. The molecule has 1 N–H and O–H groups in total. The molecule has 3 heteroatoms. The van der Waals surface area contributed by atoms with Crippen LogP contribution in [0.5, 0.6) is 0 Å². The van der Waals surface area contributed by atoms with Crippen molar-refractivity contribution in [2.45, 2.75) is 19.4 Å². The van der Waals surface area contributed by atoms with Gasteiger partial charge in [-0.25, -0.2) is 0 Å². The van der Waals surface area contributed by atoms with Crippen LogP contribution in [0.3, 0.4) is 0 Å². The second kappa shape index (κ2) is 6.67. The maximum atomic E-state index is 12.8. The van der Waals surface area contributed by atoms with Crippen molar-refractivity contribution in [2.75, 3.05) is 0 Å². The van der Waals surface area contributed by atoms with Crippen LogP contribution in [0.4, 0.5) is 0 Å². The second-order valence-corrected chi connectivity index (χ2v) is 6.00. The third kappa shape index (κ3) is 3.20. The summed E-state index contributed by atoms with van der Waals surface area (Å²) in [6, 6.07) is 23.6. The van der Waals surface area contributed by atoms with Crippen LogP contribution < -0.4 is 5.32 Å². The van der Waals surface area contributed by atoms with Crippen molar-refractivity contribution in [3.8, 4) is 0 Å². The first-order valence-electron chi connectivity index (χ1n) is 7.96. The molecule has 3 aromatic rings. The molecule has 0 unspecified atom stereocenters. The van der Waals surface area contributed by atoms with Crippen molar-refractivity contribution in [1.82, 2.24) is 10.3 Å². The zero-order valence-electron chi connectivity index (χ0n) is 13.9. The molecule has 0 atom stereocenters. The monoisotopic (exact) mass is 316 g/mol. The predicted molar refractivity (Wildman–Crippen MR) is 95.8 cm³/mol. The Bertz CT molecular complexity index is 772. The molecule has 1 amide bonds. The fourth-order valence-corrected chi connectivity index (χ4v) is 2.76. The molecule has 0 aliphatic carbocycles. The van der Waals surface area contributed by atoms with E-state index in [0.717, 1.165) is 16.8 Å². The van der Waals surface area contributed by atoms with Crippen molar-refractivity contribution < 1.29 is 4.79 Å². The summed E-state index contributed by atoms with van der Waals surface area (Å²) in [5.41, 5.74) is 2.89. The number of hydrogen-bond acceptors (Lipinski definition) is 2. The quantitative estimate of drug-likeness (QED) is 0.788. The van der Waals surface area contributed by atoms with E-state index >= 15 is 0 Å². The molecule has 0 spiro atoms. The average Bonchev–Trinajstić information content (AvgIpc) is 2.63. The van der Waals surface area contributed by atoms with Crippen molar-refractivity contribution in [3.05, 3.63) is 101 Å². The molecule has 0 fully saturated rings. The van der Waals surface area contributed by atoms with Crippen LogP contribution >= 0.6 is 0 Å². The van der Waals surface area contributed by atoms with E-state index in [1.807, 2.05) is 80.6 Å². The van der Waals surface area contributed by atoms with Gasteiger partial charge >= 0.3 is 0 Å². The number of nitrogens with zero attached hydrogens (tertiary/aromatic N) is 1. The van der Waals surface area contributed by atoms with Gasteiger partial charge in [-0.2, -0.15) is 0 Å². The fraction of sp³-hybridized carbons (Fsp3) is 0.143. The summed E-state index contributed by atoms with van der Waals surface area (Å²) in [6.07, 6.45) is 1.61. The summed E-state index contributed by atoms with van der Waals surface area (Å²) in [5.74, 6) is -0.141. The van der Waals surface area contributed by atoms with Gasteiger partial charge in [0.05, 0.1) is 11.1 Å². The first-order chi connectivity index (χ1) is 11.6. The largest absolute Gasteiger partial charge is 0.339 e. The highest BCUT2D eigenvalue weighted by Crippen LogP contribution is 2.29. The Balaban J connectivity index is 2.00. The Labute approximate surface area is 142 Å². The highest BCUT2D eigenvalue weighted by atomic mass is 16.1. The van der Waals surface area contributed by atoms with Crippen molar-refractivity contribution in [3.63, 3.8) is 0 Å². The maximum absolute atomic E-state index is 12.8. The number of aromatic nitrogens is 1. The molecule has 120 valence electrons. The fourth-order valence-electron chi connectivity index (χ4n) is 2.76. The molecule has 1 heterocycles. The second-order valence-electron chi connectivity index (χ2n) is 6.00. The van der Waals surface area contributed by atoms with Crippen molar-refractivity contribution >= 4 is 5.91 Å². The lowest BCUT2D eigenvalue weighted by Gasteiger charge is -2.32. The molecule has 1 aromatic heterocycles. The highest BCUT2D eigenvalue weighted by Gasteiger charge is 2.30. The summed E-state index contributed by atoms with van der Waals surface area (Å²) in [4.78, 5) is 17.0. The Morgan fingerprint density at radius 2 is 1.42 bits per heavy atom. The minimum absolute atomic E-state index is 0.141. The highest BCUT2D eigenvalue weighted by molar-refractivity contribution is 5.94. The Morgan fingerprint density at radius 1 is 0.875 bits per heavy atom. The van der Waals surface area contributed by atoms with Crippen LogP contribution in [0, 0.1) is 6.92 Å². The van der Waals surface area contributed by atoms with Crippen molar-refractivity contribution in [2.24, 2.45) is 0 Å². The van der Waals surface area contributed by atoms with Crippen LogP contribution in [0.15, 0.2) is 79.0 Å². The summed E-state index contributed by atoms with van der Waals surface area (Å²) >= 11 is 0. The van der Waals surface area contributed by atoms with Gasteiger partial charge in [-0.15, -0.1) is 0 Å². The maximum Gasteiger partial charge on any atom is 0.253 e. The molecule has 0 aliphatic heterocycles. The molecule has 0 saturated carbocycles. The Morgan fingerprint density at radius 3 is 1.88 bits per heavy atom. The first kappa shape index (κ1) is 15.9. The van der Waals surface area contributed by atoms with E-state index in [4.69, 9.17) is 0 Å². The van der Waals surface area contributed by atoms with E-state index in [1.165, 1.54) is 0 Å². The van der Waals surface area contributed by atoms with Gasteiger partial charge in [-0.05, 0) is 37.1 Å². The third-order valence-corrected chi connectivity index (χ3v) is 4.24. The SMILES string of the molecule is Cc1ccc(C(=O)NC(C)(c2ccccc2)c2ccccc2)cn1. The molecule has 0 aliphatic rings. The van der Waals surface area contributed by atoms with Gasteiger partial charge in [-0.3, -0.25) is 9.78 Å². The van der Waals surface area contributed by atoms with Crippen LogP contribution in [-0.4, -0.2) is 10.9 Å². The number of amides is 1. The number of pyridine rings is 1. The topological polar surface area (TPSA) is 42.0 Å². The van der Waals surface area contributed by atoms with Gasteiger partial charge in [0.2, 0.25) is 0 Å². The molecular formula is C21H20N2O. The van der Waals surface area contributed by atoms with E-state index in [9.17, 15) is 4.79 Å². The molecular weight excluding hydrogens is 296 g/mol. The van der Waals surface area contributed by atoms with Gasteiger partial charge in [0.15, 0.2) is 0 Å². The zero-order chi connectivity index (χ0) is 17.0. The molecule has 2 aromatic carbocycles. The lowest BCUT2D eigenvalue weighted by molar-refractivity contribution is 0.0918. The van der Waals surface area contributed by atoms with Gasteiger partial charge in [-0.1, -0.05) is 60.7 Å². The van der Waals surface area contributed by atoms with Gasteiger partial charge in [0.25, 0.3) is 5.91 Å². The summed E-state index contributed by atoms with van der Waals surface area (Å²) < 4.78 is 0. The Kier molecular flexibility index (Phi) is 4.43. The first-order valence-corrected chi connectivity index (χ1v) is 7.96. The van der Waals surface area contributed by atoms with E-state index in [0.29, 0.717) is 5.56 Å². The van der Waals surface area contributed by atoms with E-state index in [1.54, 1.807) is 12.3 Å². The van der Waals surface area contributed by atoms with E-state index in [-0.39, 0.29) is 5.91 Å². The van der Waals surface area contributed by atoms with Crippen molar-refractivity contribution in [1.29, 1.82) is 0 Å². The number of nitrogens with one attached hydrogen (secondary N) is 1.